The Hall–Kier alpha value is -3.31. The highest BCUT2D eigenvalue weighted by molar-refractivity contribution is 7.13. The Labute approximate surface area is 206 Å². The normalized spacial score (nSPS) is 12.5. The quantitative estimate of drug-likeness (QED) is 0.297. The molecule has 1 aromatic heterocycles. The maximum atomic E-state index is 13.3. The summed E-state index contributed by atoms with van der Waals surface area (Å²) in [7, 11) is 0. The number of amides is 1. The van der Waals surface area contributed by atoms with Gasteiger partial charge in [0.05, 0.1) is 5.41 Å². The van der Waals surface area contributed by atoms with Gasteiger partial charge >= 0.3 is 0 Å². The fourth-order valence-corrected chi connectivity index (χ4v) is 4.90. The largest absolute Gasteiger partial charge is 0.300 e. The highest BCUT2D eigenvalue weighted by Crippen LogP contribution is 2.42. The number of hydrogen-bond acceptors (Lipinski definition) is 4. The second kappa shape index (κ2) is 10.3. The van der Waals surface area contributed by atoms with Crippen molar-refractivity contribution < 1.29 is 4.79 Å². The zero-order chi connectivity index (χ0) is 24.1. The van der Waals surface area contributed by atoms with Crippen LogP contribution in [0.4, 0.5) is 5.13 Å². The predicted octanol–water partition coefficient (Wildman–Crippen LogP) is 7.20. The minimum absolute atomic E-state index is 0.0806. The lowest BCUT2D eigenvalue weighted by molar-refractivity contribution is -0.124. The Kier molecular flexibility index (Phi) is 7.23. The Morgan fingerprint density at radius 1 is 0.882 bits per heavy atom. The van der Waals surface area contributed by atoms with Crippen molar-refractivity contribution in [1.82, 2.24) is 10.2 Å². The number of nitrogens with zero attached hydrogens (tertiary/aromatic N) is 2. The summed E-state index contributed by atoms with van der Waals surface area (Å²) in [6.45, 7) is 8.46. The van der Waals surface area contributed by atoms with Crippen LogP contribution in [-0.2, 0) is 11.2 Å². The van der Waals surface area contributed by atoms with Gasteiger partial charge in [0, 0.05) is 5.92 Å². The van der Waals surface area contributed by atoms with E-state index >= 15 is 0 Å². The van der Waals surface area contributed by atoms with Gasteiger partial charge in [-0.05, 0) is 40.2 Å². The second-order valence-electron chi connectivity index (χ2n) is 9.68. The Bertz CT molecular complexity index is 1200. The molecule has 34 heavy (non-hydrogen) atoms. The summed E-state index contributed by atoms with van der Waals surface area (Å²) in [5, 5.41) is 11.3. The number of anilines is 1. The molecule has 0 aliphatic rings. The van der Waals surface area contributed by atoms with Crippen LogP contribution in [0.25, 0.3) is 11.1 Å². The van der Waals surface area contributed by atoms with Crippen molar-refractivity contribution in [2.45, 2.75) is 40.0 Å². The summed E-state index contributed by atoms with van der Waals surface area (Å²) in [5.74, 6) is 0.444. The topological polar surface area (TPSA) is 54.9 Å². The van der Waals surface area contributed by atoms with Gasteiger partial charge in [-0.2, -0.15) is 0 Å². The highest BCUT2D eigenvalue weighted by atomic mass is 32.1. The van der Waals surface area contributed by atoms with Crippen LogP contribution in [0.3, 0.4) is 0 Å². The summed E-state index contributed by atoms with van der Waals surface area (Å²) in [4.78, 5) is 13.3. The molecule has 0 saturated heterocycles. The van der Waals surface area contributed by atoms with Crippen LogP contribution in [0, 0.1) is 11.3 Å². The summed E-state index contributed by atoms with van der Waals surface area (Å²) in [6.07, 6.45) is 1.09. The van der Waals surface area contributed by atoms with Crippen LogP contribution in [0.5, 0.6) is 0 Å². The van der Waals surface area contributed by atoms with Gasteiger partial charge in [-0.1, -0.05) is 118 Å². The SMILES string of the molecule is CC(C)Cc1ccc(-c2ccc(C(c3ccccc3)C(C)(C)C(=O)Nc3nncs3)cc2)cc1. The van der Waals surface area contributed by atoms with Gasteiger partial charge in [-0.3, -0.25) is 4.79 Å². The second-order valence-corrected chi connectivity index (χ2v) is 10.5. The van der Waals surface area contributed by atoms with Gasteiger partial charge in [0.25, 0.3) is 0 Å². The minimum Gasteiger partial charge on any atom is -0.300 e. The zero-order valence-electron chi connectivity index (χ0n) is 20.2. The molecule has 0 aliphatic carbocycles. The van der Waals surface area contributed by atoms with Crippen molar-refractivity contribution in [3.8, 4) is 11.1 Å². The van der Waals surface area contributed by atoms with Crippen LogP contribution in [0.1, 0.15) is 50.3 Å². The van der Waals surface area contributed by atoms with E-state index in [2.05, 4.69) is 90.0 Å². The fourth-order valence-electron chi connectivity index (χ4n) is 4.46. The molecule has 4 nitrogen and oxygen atoms in total. The van der Waals surface area contributed by atoms with Crippen LogP contribution >= 0.6 is 11.3 Å². The van der Waals surface area contributed by atoms with Crippen molar-refractivity contribution in [1.29, 1.82) is 0 Å². The van der Waals surface area contributed by atoms with E-state index in [-0.39, 0.29) is 11.8 Å². The number of carbonyl (C=O) groups is 1. The first-order chi connectivity index (χ1) is 16.3. The standard InChI is InChI=1S/C29H31N3OS/c1-20(2)18-21-10-12-22(13-11-21)23-14-16-25(17-15-23)26(24-8-6-5-7-9-24)29(3,4)27(33)31-28-32-30-19-34-28/h5-17,19-20,26H,18H2,1-4H3,(H,31,32,33). The van der Waals surface area contributed by atoms with Crippen molar-refractivity contribution >= 4 is 22.4 Å². The first kappa shape index (κ1) is 23.8. The molecule has 4 aromatic rings. The van der Waals surface area contributed by atoms with Gasteiger partial charge in [-0.15, -0.1) is 10.2 Å². The molecule has 5 heteroatoms. The molecule has 1 atom stereocenters. The summed E-state index contributed by atoms with van der Waals surface area (Å²) in [6, 6.07) is 27.7. The maximum Gasteiger partial charge on any atom is 0.232 e. The molecule has 0 bridgehead atoms. The van der Waals surface area contributed by atoms with Gasteiger partial charge in [0.1, 0.15) is 5.51 Å². The molecule has 0 saturated carbocycles. The molecule has 1 N–H and O–H groups in total. The third kappa shape index (κ3) is 5.42. The molecule has 1 amide bonds. The molecule has 0 aliphatic heterocycles. The predicted molar refractivity (Wildman–Crippen MR) is 141 cm³/mol. The van der Waals surface area contributed by atoms with E-state index < -0.39 is 5.41 Å². The van der Waals surface area contributed by atoms with Crippen molar-refractivity contribution in [2.75, 3.05) is 5.32 Å². The average molecular weight is 470 g/mol. The molecule has 174 valence electrons. The number of rotatable bonds is 8. The molecule has 3 aromatic carbocycles. The van der Waals surface area contributed by atoms with Crippen LogP contribution in [0.2, 0.25) is 0 Å². The Morgan fingerprint density at radius 2 is 1.47 bits per heavy atom. The van der Waals surface area contributed by atoms with E-state index in [1.165, 1.54) is 28.0 Å². The third-order valence-electron chi connectivity index (χ3n) is 6.20. The molecule has 0 radical (unpaired) electrons. The summed E-state index contributed by atoms with van der Waals surface area (Å²) < 4.78 is 0. The van der Waals surface area contributed by atoms with Crippen molar-refractivity contribution in [2.24, 2.45) is 11.3 Å². The van der Waals surface area contributed by atoms with E-state index in [0.717, 1.165) is 17.5 Å². The van der Waals surface area contributed by atoms with E-state index in [4.69, 9.17) is 0 Å². The van der Waals surface area contributed by atoms with Gasteiger partial charge in [-0.25, -0.2) is 0 Å². The maximum absolute atomic E-state index is 13.3. The first-order valence-corrected chi connectivity index (χ1v) is 12.5. The molecule has 0 spiro atoms. The Morgan fingerprint density at radius 3 is 2.03 bits per heavy atom. The van der Waals surface area contributed by atoms with E-state index in [9.17, 15) is 4.79 Å². The van der Waals surface area contributed by atoms with Crippen LogP contribution in [0.15, 0.2) is 84.4 Å². The number of aromatic nitrogens is 2. The molecular weight excluding hydrogens is 438 g/mol. The Balaban J connectivity index is 1.64. The molecule has 4 rings (SSSR count). The molecule has 1 heterocycles. The fraction of sp³-hybridized carbons (Fsp3) is 0.276. The van der Waals surface area contributed by atoms with Gasteiger partial charge in [0.15, 0.2) is 0 Å². The van der Waals surface area contributed by atoms with E-state index in [0.29, 0.717) is 11.0 Å². The number of carbonyl (C=O) groups excluding carboxylic acids is 1. The molecular formula is C29H31N3OS. The van der Waals surface area contributed by atoms with Crippen LogP contribution < -0.4 is 5.32 Å². The number of benzene rings is 3. The lowest BCUT2D eigenvalue weighted by Gasteiger charge is -2.33. The van der Waals surface area contributed by atoms with Crippen molar-refractivity contribution in [3.63, 3.8) is 0 Å². The first-order valence-electron chi connectivity index (χ1n) is 11.7. The van der Waals surface area contributed by atoms with E-state index in [1.54, 1.807) is 5.51 Å². The van der Waals surface area contributed by atoms with Crippen LogP contribution in [-0.4, -0.2) is 16.1 Å². The number of hydrogen-bond donors (Lipinski definition) is 1. The van der Waals surface area contributed by atoms with Crippen molar-refractivity contribution in [3.05, 3.63) is 101 Å². The van der Waals surface area contributed by atoms with Gasteiger partial charge < -0.3 is 5.32 Å². The average Bonchev–Trinajstić information content (AvgIpc) is 3.33. The summed E-state index contributed by atoms with van der Waals surface area (Å²) >= 11 is 1.32. The minimum atomic E-state index is -0.715. The third-order valence-corrected chi connectivity index (χ3v) is 6.80. The zero-order valence-corrected chi connectivity index (χ0v) is 21.0. The highest BCUT2D eigenvalue weighted by Gasteiger charge is 2.39. The lowest BCUT2D eigenvalue weighted by Crippen LogP contribution is -2.37. The monoisotopic (exact) mass is 469 g/mol. The number of nitrogens with one attached hydrogen (secondary N) is 1. The smallest absolute Gasteiger partial charge is 0.232 e. The molecule has 1 unspecified atom stereocenters. The van der Waals surface area contributed by atoms with Gasteiger partial charge in [0.2, 0.25) is 11.0 Å². The summed E-state index contributed by atoms with van der Waals surface area (Å²) in [5.41, 5.74) is 6.84. The lowest BCUT2D eigenvalue weighted by atomic mass is 9.70. The molecule has 0 fully saturated rings. The van der Waals surface area contributed by atoms with E-state index in [1.807, 2.05) is 32.0 Å².